The molecule has 1 atom stereocenters. The summed E-state index contributed by atoms with van der Waals surface area (Å²) in [5, 5.41) is 11.9. The van der Waals surface area contributed by atoms with Gasteiger partial charge in [-0.1, -0.05) is 45.4 Å². The van der Waals surface area contributed by atoms with Crippen LogP contribution in [0.15, 0.2) is 18.3 Å². The quantitative estimate of drug-likeness (QED) is 0.450. The number of nitrogens with one attached hydrogen (secondary N) is 1. The second kappa shape index (κ2) is 11.9. The minimum atomic E-state index is -0.733. The molecule has 1 saturated carbocycles. The molecule has 7 heteroatoms. The first kappa shape index (κ1) is 24.1. The van der Waals surface area contributed by atoms with Gasteiger partial charge in [-0.3, -0.25) is 14.0 Å². The molecule has 0 aromatic carbocycles. The molecule has 0 aliphatic heterocycles. The number of carboxylic acid groups (broad SMARTS) is 1. The number of hydrogen-bond donors (Lipinski definition) is 2. The van der Waals surface area contributed by atoms with E-state index in [4.69, 9.17) is 9.84 Å². The molecule has 3 rings (SSSR count). The number of aromatic nitrogens is 2. The smallest absolute Gasteiger partial charge is 0.306 e. The standard InChI is InChI=1S/C25H37N3O4/c1-18(25(30)31)11-6-3-4-9-15-26-24(29)22-19(2)27-23-21(14-10-16-28(22)23)32-17-20-12-7-5-8-13-20/h10,14,16,18,20H,3-9,11-13,15,17H2,1-2H3,(H,26,29)(H,30,31). The predicted octanol–water partition coefficient (Wildman–Crippen LogP) is 5.00. The molecule has 1 fully saturated rings. The molecule has 2 aromatic rings. The number of aryl methyl sites for hydroxylation is 1. The lowest BCUT2D eigenvalue weighted by Gasteiger charge is -2.21. The molecule has 32 heavy (non-hydrogen) atoms. The number of amides is 1. The van der Waals surface area contributed by atoms with E-state index < -0.39 is 5.97 Å². The van der Waals surface area contributed by atoms with Gasteiger partial charge in [0.2, 0.25) is 0 Å². The van der Waals surface area contributed by atoms with Gasteiger partial charge in [0.1, 0.15) is 5.69 Å². The van der Waals surface area contributed by atoms with Gasteiger partial charge in [0.25, 0.3) is 5.91 Å². The van der Waals surface area contributed by atoms with Crippen LogP contribution < -0.4 is 10.1 Å². The Morgan fingerprint density at radius 3 is 2.72 bits per heavy atom. The molecule has 0 saturated heterocycles. The molecule has 1 aliphatic rings. The summed E-state index contributed by atoms with van der Waals surface area (Å²) in [5.74, 6) is 0.192. The van der Waals surface area contributed by atoms with Gasteiger partial charge in [-0.25, -0.2) is 4.98 Å². The first-order valence-corrected chi connectivity index (χ1v) is 12.1. The van der Waals surface area contributed by atoms with E-state index in [1.54, 1.807) is 6.92 Å². The fraction of sp³-hybridized carbons (Fsp3) is 0.640. The van der Waals surface area contributed by atoms with Crippen LogP contribution in [0.5, 0.6) is 5.75 Å². The largest absolute Gasteiger partial charge is 0.489 e. The van der Waals surface area contributed by atoms with Gasteiger partial charge in [0, 0.05) is 12.7 Å². The zero-order chi connectivity index (χ0) is 22.9. The summed E-state index contributed by atoms with van der Waals surface area (Å²) in [6.45, 7) is 4.90. The number of nitrogens with zero attached hydrogens (tertiary/aromatic N) is 2. The van der Waals surface area contributed by atoms with E-state index in [1.165, 1.54) is 32.1 Å². The highest BCUT2D eigenvalue weighted by molar-refractivity contribution is 5.94. The summed E-state index contributed by atoms with van der Waals surface area (Å²) in [4.78, 5) is 28.3. The van der Waals surface area contributed by atoms with Crippen LogP contribution >= 0.6 is 0 Å². The van der Waals surface area contributed by atoms with Crippen molar-refractivity contribution in [2.75, 3.05) is 13.2 Å². The summed E-state index contributed by atoms with van der Waals surface area (Å²) in [5.41, 5.74) is 1.94. The number of carbonyl (C=O) groups excluding carboxylic acids is 1. The maximum atomic E-state index is 12.8. The van der Waals surface area contributed by atoms with Crippen LogP contribution in [0.25, 0.3) is 5.65 Å². The van der Waals surface area contributed by atoms with Crippen LogP contribution in [0, 0.1) is 18.8 Å². The number of ether oxygens (including phenoxy) is 1. The summed E-state index contributed by atoms with van der Waals surface area (Å²) in [6.07, 6.45) is 12.6. The minimum Gasteiger partial charge on any atom is -0.489 e. The van der Waals surface area contributed by atoms with E-state index in [-0.39, 0.29) is 11.8 Å². The molecule has 2 heterocycles. The van der Waals surface area contributed by atoms with Crippen LogP contribution in [0.3, 0.4) is 0 Å². The summed E-state index contributed by atoms with van der Waals surface area (Å²) >= 11 is 0. The van der Waals surface area contributed by atoms with Crippen LogP contribution in [0.4, 0.5) is 0 Å². The number of unbranched alkanes of at least 4 members (excludes halogenated alkanes) is 3. The van der Waals surface area contributed by atoms with Crippen LogP contribution in [-0.4, -0.2) is 39.5 Å². The van der Waals surface area contributed by atoms with Crippen molar-refractivity contribution in [3.63, 3.8) is 0 Å². The van der Waals surface area contributed by atoms with Crippen molar-refractivity contribution < 1.29 is 19.4 Å². The highest BCUT2D eigenvalue weighted by Crippen LogP contribution is 2.27. The fourth-order valence-corrected chi connectivity index (χ4v) is 4.44. The molecule has 2 N–H and O–H groups in total. The predicted molar refractivity (Wildman–Crippen MR) is 124 cm³/mol. The molecule has 1 unspecified atom stereocenters. The maximum Gasteiger partial charge on any atom is 0.306 e. The highest BCUT2D eigenvalue weighted by atomic mass is 16.5. The van der Waals surface area contributed by atoms with Crippen molar-refractivity contribution in [2.24, 2.45) is 11.8 Å². The third-order valence-corrected chi connectivity index (χ3v) is 6.47. The summed E-state index contributed by atoms with van der Waals surface area (Å²) in [6, 6.07) is 3.83. The maximum absolute atomic E-state index is 12.8. The Morgan fingerprint density at radius 2 is 1.97 bits per heavy atom. The Labute approximate surface area is 190 Å². The van der Waals surface area contributed by atoms with Gasteiger partial charge in [-0.2, -0.15) is 0 Å². The van der Waals surface area contributed by atoms with E-state index in [0.717, 1.165) is 31.4 Å². The zero-order valence-corrected chi connectivity index (χ0v) is 19.4. The summed E-state index contributed by atoms with van der Waals surface area (Å²) in [7, 11) is 0. The second-order valence-corrected chi connectivity index (χ2v) is 9.12. The van der Waals surface area contributed by atoms with Crippen LogP contribution in [-0.2, 0) is 4.79 Å². The number of pyridine rings is 1. The van der Waals surface area contributed by atoms with Gasteiger partial charge >= 0.3 is 5.97 Å². The monoisotopic (exact) mass is 443 g/mol. The van der Waals surface area contributed by atoms with Gasteiger partial charge < -0.3 is 15.2 Å². The number of rotatable bonds is 12. The first-order chi connectivity index (χ1) is 15.5. The fourth-order valence-electron chi connectivity index (χ4n) is 4.44. The molecular formula is C25H37N3O4. The molecule has 176 valence electrons. The van der Waals surface area contributed by atoms with Gasteiger partial charge in [-0.05, 0) is 50.7 Å². The number of hydrogen-bond acceptors (Lipinski definition) is 4. The number of aliphatic carboxylic acids is 1. The molecule has 0 bridgehead atoms. The van der Waals surface area contributed by atoms with E-state index >= 15 is 0 Å². The Kier molecular flexibility index (Phi) is 8.94. The number of carboxylic acids is 1. The Morgan fingerprint density at radius 1 is 1.22 bits per heavy atom. The SMILES string of the molecule is Cc1nc2c(OCC3CCCCC3)cccn2c1C(=O)NCCCCCCC(C)C(=O)O. The number of imidazole rings is 1. The lowest BCUT2D eigenvalue weighted by Crippen LogP contribution is -2.26. The average Bonchev–Trinajstić information content (AvgIpc) is 3.13. The summed E-state index contributed by atoms with van der Waals surface area (Å²) < 4.78 is 7.95. The van der Waals surface area contributed by atoms with Crippen molar-refractivity contribution in [1.82, 2.24) is 14.7 Å². The van der Waals surface area contributed by atoms with Gasteiger partial charge in [0.05, 0.1) is 18.2 Å². The first-order valence-electron chi connectivity index (χ1n) is 12.1. The molecular weight excluding hydrogens is 406 g/mol. The molecule has 1 aliphatic carbocycles. The number of fused-ring (bicyclic) bond motifs is 1. The van der Waals surface area contributed by atoms with E-state index in [9.17, 15) is 9.59 Å². The average molecular weight is 444 g/mol. The van der Waals surface area contributed by atoms with Crippen LogP contribution in [0.2, 0.25) is 0 Å². The lowest BCUT2D eigenvalue weighted by molar-refractivity contribution is -0.141. The normalized spacial score (nSPS) is 15.6. The van der Waals surface area contributed by atoms with Crippen LogP contribution in [0.1, 0.15) is 87.3 Å². The zero-order valence-electron chi connectivity index (χ0n) is 19.4. The van der Waals surface area contributed by atoms with Crippen molar-refractivity contribution in [1.29, 1.82) is 0 Å². The van der Waals surface area contributed by atoms with Crippen molar-refractivity contribution in [2.45, 2.75) is 78.1 Å². The van der Waals surface area contributed by atoms with Gasteiger partial charge in [0.15, 0.2) is 11.4 Å². The lowest BCUT2D eigenvalue weighted by atomic mass is 9.90. The van der Waals surface area contributed by atoms with Crippen molar-refractivity contribution >= 4 is 17.5 Å². The molecule has 1 amide bonds. The third kappa shape index (κ3) is 6.47. The molecule has 0 spiro atoms. The minimum absolute atomic E-state index is 0.126. The van der Waals surface area contributed by atoms with E-state index in [1.807, 2.05) is 29.7 Å². The Balaban J connectivity index is 1.50. The van der Waals surface area contributed by atoms with E-state index in [0.29, 0.717) is 42.5 Å². The highest BCUT2D eigenvalue weighted by Gasteiger charge is 2.20. The topological polar surface area (TPSA) is 92.9 Å². The van der Waals surface area contributed by atoms with Gasteiger partial charge in [-0.15, -0.1) is 0 Å². The molecule has 0 radical (unpaired) electrons. The Bertz CT molecular complexity index is 902. The van der Waals surface area contributed by atoms with E-state index in [2.05, 4.69) is 10.3 Å². The molecule has 7 nitrogen and oxygen atoms in total. The Hall–Kier alpha value is -2.57. The third-order valence-electron chi connectivity index (χ3n) is 6.47. The van der Waals surface area contributed by atoms with Crippen molar-refractivity contribution in [3.8, 4) is 5.75 Å². The number of carbonyl (C=O) groups is 2. The second-order valence-electron chi connectivity index (χ2n) is 9.12. The molecule has 2 aromatic heterocycles. The van der Waals surface area contributed by atoms with Crippen molar-refractivity contribution in [3.05, 3.63) is 29.7 Å².